The van der Waals surface area contributed by atoms with Gasteiger partial charge in [-0.05, 0) is 73.6 Å². The van der Waals surface area contributed by atoms with Crippen LogP contribution in [0.5, 0.6) is 5.75 Å². The summed E-state index contributed by atoms with van der Waals surface area (Å²) >= 11 is 5.99. The maximum atomic E-state index is 14.2. The third-order valence-electron chi connectivity index (χ3n) is 6.82. The van der Waals surface area contributed by atoms with Gasteiger partial charge in [0.05, 0.1) is 26.7 Å². The smallest absolute Gasteiger partial charge is 0.243 e. The number of rotatable bonds is 6. The number of hydrogen-bond donors (Lipinski definition) is 2. The lowest BCUT2D eigenvalue weighted by Crippen LogP contribution is -2.46. The molecule has 39 heavy (non-hydrogen) atoms. The summed E-state index contributed by atoms with van der Waals surface area (Å²) in [5.41, 5.74) is 3.02. The molecule has 1 aliphatic heterocycles. The number of carbonyl (C=O) groups is 1. The number of fused-ring (bicyclic) bond motifs is 1. The first kappa shape index (κ1) is 27.0. The van der Waals surface area contributed by atoms with Crippen LogP contribution in [0.4, 0.5) is 15.8 Å². The van der Waals surface area contributed by atoms with Crippen LogP contribution in [-0.2, 0) is 10.0 Å². The number of anilines is 2. The second kappa shape index (κ2) is 10.5. The van der Waals surface area contributed by atoms with E-state index in [0.717, 1.165) is 0 Å². The van der Waals surface area contributed by atoms with Gasteiger partial charge in [-0.15, -0.1) is 0 Å². The Morgan fingerprint density at radius 1 is 1.03 bits per heavy atom. The van der Waals surface area contributed by atoms with Crippen molar-refractivity contribution in [1.29, 1.82) is 0 Å². The highest BCUT2D eigenvalue weighted by Gasteiger charge is 2.27. The van der Waals surface area contributed by atoms with E-state index < -0.39 is 21.6 Å². The maximum Gasteiger partial charge on any atom is 0.243 e. The zero-order chi connectivity index (χ0) is 27.9. The van der Waals surface area contributed by atoms with Crippen molar-refractivity contribution >= 4 is 49.7 Å². The lowest BCUT2D eigenvalue weighted by Gasteiger charge is -2.31. The second-order valence-electron chi connectivity index (χ2n) is 9.48. The summed E-state index contributed by atoms with van der Waals surface area (Å²) in [7, 11) is -1.66. The SMILES string of the molecule is CC(=O)c1cnc2ccc(-c3cc(F)c(O)c(Cl)c3)cc2c1Nc1ccc(S(=O)(=O)N2CCN(C)CC2)cc1. The molecule has 0 spiro atoms. The number of phenols is 1. The number of benzene rings is 3. The summed E-state index contributed by atoms with van der Waals surface area (Å²) in [5, 5.41) is 13.4. The van der Waals surface area contributed by atoms with Crippen molar-refractivity contribution in [1.82, 2.24) is 14.2 Å². The lowest BCUT2D eigenvalue weighted by atomic mass is 10.00. The Hall–Kier alpha value is -3.57. The molecule has 0 amide bonds. The predicted octanol–water partition coefficient (Wildman–Crippen LogP) is 5.28. The first-order valence-electron chi connectivity index (χ1n) is 12.2. The van der Waals surface area contributed by atoms with E-state index in [9.17, 15) is 22.7 Å². The molecule has 2 heterocycles. The van der Waals surface area contributed by atoms with Crippen molar-refractivity contribution in [2.75, 3.05) is 38.5 Å². The van der Waals surface area contributed by atoms with E-state index in [1.54, 1.807) is 42.5 Å². The Morgan fingerprint density at radius 3 is 2.36 bits per heavy atom. The van der Waals surface area contributed by atoms with Gasteiger partial charge in [-0.3, -0.25) is 9.78 Å². The average Bonchev–Trinajstić information content (AvgIpc) is 2.91. The van der Waals surface area contributed by atoms with E-state index >= 15 is 0 Å². The number of phenolic OH excluding ortho intramolecular Hbond substituents is 1. The number of carbonyl (C=O) groups excluding carboxylic acids is 1. The number of aromatic nitrogens is 1. The largest absolute Gasteiger partial charge is 0.504 e. The summed E-state index contributed by atoms with van der Waals surface area (Å²) < 4.78 is 41.9. The van der Waals surface area contributed by atoms with Crippen LogP contribution in [0.25, 0.3) is 22.0 Å². The highest BCUT2D eigenvalue weighted by molar-refractivity contribution is 7.89. The van der Waals surface area contributed by atoms with Gasteiger partial charge in [0.15, 0.2) is 17.3 Å². The summed E-state index contributed by atoms with van der Waals surface area (Å²) in [6.07, 6.45) is 1.48. The molecule has 2 N–H and O–H groups in total. The molecule has 1 aromatic heterocycles. The number of ketones is 1. The van der Waals surface area contributed by atoms with E-state index in [1.807, 2.05) is 7.05 Å². The summed E-state index contributed by atoms with van der Waals surface area (Å²) in [5.74, 6) is -1.69. The van der Waals surface area contributed by atoms with Gasteiger partial charge in [-0.2, -0.15) is 4.31 Å². The highest BCUT2D eigenvalue weighted by atomic mass is 35.5. The molecular formula is C28H26ClFN4O4S. The summed E-state index contributed by atoms with van der Waals surface area (Å²) in [6.45, 7) is 3.64. The molecule has 0 atom stereocenters. The number of sulfonamides is 1. The molecular weight excluding hydrogens is 543 g/mol. The Kier molecular flexibility index (Phi) is 7.30. The van der Waals surface area contributed by atoms with Crippen molar-refractivity contribution in [2.45, 2.75) is 11.8 Å². The minimum Gasteiger partial charge on any atom is -0.504 e. The molecule has 3 aromatic carbocycles. The fraction of sp³-hybridized carbons (Fsp3) is 0.214. The zero-order valence-corrected chi connectivity index (χ0v) is 22.9. The fourth-order valence-electron chi connectivity index (χ4n) is 4.54. The monoisotopic (exact) mass is 568 g/mol. The van der Waals surface area contributed by atoms with Gasteiger partial charge < -0.3 is 15.3 Å². The minimum absolute atomic E-state index is 0.120. The molecule has 5 rings (SSSR count). The number of hydrogen-bond acceptors (Lipinski definition) is 7. The molecule has 202 valence electrons. The zero-order valence-electron chi connectivity index (χ0n) is 21.3. The number of nitrogens with zero attached hydrogens (tertiary/aromatic N) is 3. The van der Waals surface area contributed by atoms with Crippen LogP contribution in [0, 0.1) is 5.82 Å². The van der Waals surface area contributed by atoms with E-state index in [-0.39, 0.29) is 15.7 Å². The third kappa shape index (κ3) is 5.33. The molecule has 1 fully saturated rings. The predicted molar refractivity (Wildman–Crippen MR) is 150 cm³/mol. The van der Waals surface area contributed by atoms with Crippen molar-refractivity contribution in [3.05, 3.63) is 77.2 Å². The number of aromatic hydroxyl groups is 1. The Balaban J connectivity index is 1.52. The molecule has 0 unspecified atom stereocenters. The average molecular weight is 569 g/mol. The Bertz CT molecular complexity index is 1670. The molecule has 0 bridgehead atoms. The number of halogens is 2. The Labute approximate surface area is 230 Å². The van der Waals surface area contributed by atoms with Crippen LogP contribution < -0.4 is 5.32 Å². The lowest BCUT2D eigenvalue weighted by molar-refractivity contribution is 0.101. The van der Waals surface area contributed by atoms with Crippen LogP contribution in [0.15, 0.2) is 65.7 Å². The van der Waals surface area contributed by atoms with Crippen LogP contribution in [0.3, 0.4) is 0 Å². The first-order chi connectivity index (χ1) is 18.5. The van der Waals surface area contributed by atoms with Crippen molar-refractivity contribution in [2.24, 2.45) is 0 Å². The van der Waals surface area contributed by atoms with Gasteiger partial charge >= 0.3 is 0 Å². The van der Waals surface area contributed by atoms with E-state index in [2.05, 4.69) is 15.2 Å². The van der Waals surface area contributed by atoms with E-state index in [1.165, 1.54) is 29.6 Å². The minimum atomic E-state index is -3.62. The van der Waals surface area contributed by atoms with Gasteiger partial charge in [0.2, 0.25) is 10.0 Å². The number of piperazine rings is 1. The molecule has 11 heteroatoms. The quantitative estimate of drug-likeness (QED) is 0.305. The summed E-state index contributed by atoms with van der Waals surface area (Å²) in [6, 6.07) is 14.3. The highest BCUT2D eigenvalue weighted by Crippen LogP contribution is 2.36. The van der Waals surface area contributed by atoms with Crippen molar-refractivity contribution < 1.29 is 22.7 Å². The normalized spacial score (nSPS) is 15.0. The van der Waals surface area contributed by atoms with Gasteiger partial charge in [-0.1, -0.05) is 17.7 Å². The maximum absolute atomic E-state index is 14.2. The standard InChI is InChI=1S/C28H26ClFN4O4S/c1-17(35)23-16-31-26-8-3-18(19-14-24(29)28(36)25(30)15-19)13-22(26)27(23)32-20-4-6-21(7-5-20)39(37,38)34-11-9-33(2)10-12-34/h3-8,13-16,36H,9-12H2,1-2H3,(H,31,32). The van der Waals surface area contributed by atoms with Crippen LogP contribution in [-0.4, -0.2) is 66.7 Å². The van der Waals surface area contributed by atoms with Gasteiger partial charge in [0, 0.05) is 43.4 Å². The van der Waals surface area contributed by atoms with Crippen LogP contribution in [0.1, 0.15) is 17.3 Å². The van der Waals surface area contributed by atoms with E-state index in [4.69, 9.17) is 11.6 Å². The second-order valence-corrected chi connectivity index (χ2v) is 11.8. The number of pyridine rings is 1. The number of nitrogens with one attached hydrogen (secondary N) is 1. The van der Waals surface area contributed by atoms with Crippen molar-refractivity contribution in [3.8, 4) is 16.9 Å². The van der Waals surface area contributed by atoms with Gasteiger partial charge in [0.1, 0.15) is 0 Å². The van der Waals surface area contributed by atoms with Gasteiger partial charge in [-0.25, -0.2) is 12.8 Å². The van der Waals surface area contributed by atoms with Crippen LogP contribution >= 0.6 is 11.6 Å². The topological polar surface area (TPSA) is 103 Å². The molecule has 1 aliphatic rings. The van der Waals surface area contributed by atoms with Gasteiger partial charge in [0.25, 0.3) is 0 Å². The first-order valence-corrected chi connectivity index (χ1v) is 14.0. The molecule has 1 saturated heterocycles. The van der Waals surface area contributed by atoms with Crippen LogP contribution in [0.2, 0.25) is 5.02 Å². The van der Waals surface area contributed by atoms with E-state index in [0.29, 0.717) is 65.1 Å². The molecule has 0 aliphatic carbocycles. The molecule has 8 nitrogen and oxygen atoms in total. The summed E-state index contributed by atoms with van der Waals surface area (Å²) in [4.78, 5) is 19.2. The molecule has 0 saturated carbocycles. The number of likely N-dealkylation sites (N-methyl/N-ethyl adjacent to an activating group) is 1. The third-order valence-corrected chi connectivity index (χ3v) is 9.02. The van der Waals surface area contributed by atoms with Crippen molar-refractivity contribution in [3.63, 3.8) is 0 Å². The molecule has 4 aromatic rings. The molecule has 0 radical (unpaired) electrons. The number of Topliss-reactive ketones (excluding diaryl/α,β-unsaturated/α-hetero) is 1. The Morgan fingerprint density at radius 2 is 1.72 bits per heavy atom. The fourth-order valence-corrected chi connectivity index (χ4v) is 6.17.